The maximum absolute atomic E-state index is 12.2. The number of nitrogens with one attached hydrogen (secondary N) is 1. The van der Waals surface area contributed by atoms with Gasteiger partial charge in [-0.15, -0.1) is 0 Å². The molecule has 0 spiro atoms. The Hall–Kier alpha value is -2.18. The molecule has 0 aliphatic heterocycles. The monoisotopic (exact) mass is 406 g/mol. The van der Waals surface area contributed by atoms with E-state index in [-0.39, 0.29) is 0 Å². The third kappa shape index (κ3) is 5.65. The van der Waals surface area contributed by atoms with E-state index in [0.717, 1.165) is 9.79 Å². The molecule has 2 aromatic carbocycles. The van der Waals surface area contributed by atoms with E-state index in [2.05, 4.69) is 5.32 Å². The molecule has 1 unspecified atom stereocenters. The molecule has 0 aromatic heterocycles. The lowest BCUT2D eigenvalue weighted by molar-refractivity contribution is -0.124. The maximum atomic E-state index is 12.2. The molecule has 27 heavy (non-hydrogen) atoms. The molecule has 144 valence electrons. The summed E-state index contributed by atoms with van der Waals surface area (Å²) in [5, 5.41) is 2.88. The fourth-order valence-corrected chi connectivity index (χ4v) is 3.67. The number of hydrogen-bond donors (Lipinski definition) is 2. The van der Waals surface area contributed by atoms with Crippen LogP contribution < -0.4 is 11.1 Å². The Morgan fingerprint density at radius 3 is 2.19 bits per heavy atom. The Morgan fingerprint density at radius 2 is 1.67 bits per heavy atom. The summed E-state index contributed by atoms with van der Waals surface area (Å²) in [6.45, 7) is 6.70. The van der Waals surface area contributed by atoms with E-state index in [9.17, 15) is 9.59 Å². The van der Waals surface area contributed by atoms with Gasteiger partial charge in [-0.25, -0.2) is 4.79 Å². The number of primary amides is 1. The second-order valence-corrected chi connectivity index (χ2v) is 8.73. The van der Waals surface area contributed by atoms with Crippen molar-refractivity contribution in [1.29, 1.82) is 0 Å². The Labute approximate surface area is 168 Å². The minimum absolute atomic E-state index is 0.327. The van der Waals surface area contributed by atoms with Crippen molar-refractivity contribution in [3.63, 3.8) is 0 Å². The van der Waals surface area contributed by atoms with Crippen LogP contribution in [0.5, 0.6) is 0 Å². The first-order valence-corrected chi connectivity index (χ1v) is 9.55. The smallest absolute Gasteiger partial charge is 0.408 e. The second kappa shape index (κ2) is 8.23. The van der Waals surface area contributed by atoms with Crippen LogP contribution in [0.2, 0.25) is 5.02 Å². The Kier molecular flexibility index (Phi) is 6.44. The number of amides is 2. The molecule has 0 heterocycles. The van der Waals surface area contributed by atoms with Crippen LogP contribution in [-0.2, 0) is 15.1 Å². The summed E-state index contributed by atoms with van der Waals surface area (Å²) in [6.07, 6.45) is -0.748. The minimum atomic E-state index is -1.50. The van der Waals surface area contributed by atoms with E-state index >= 15 is 0 Å². The number of benzene rings is 2. The predicted molar refractivity (Wildman–Crippen MR) is 108 cm³/mol. The Balaban J connectivity index is 2.29. The molecule has 0 radical (unpaired) electrons. The summed E-state index contributed by atoms with van der Waals surface area (Å²) in [4.78, 5) is 26.3. The molecule has 0 bridgehead atoms. The van der Waals surface area contributed by atoms with Crippen molar-refractivity contribution in [2.24, 2.45) is 5.73 Å². The fraction of sp³-hybridized carbons (Fsp3) is 0.300. The third-order valence-corrected chi connectivity index (χ3v) is 5.01. The number of carbonyl (C=O) groups excluding carboxylic acids is 2. The van der Waals surface area contributed by atoms with Gasteiger partial charge < -0.3 is 15.8 Å². The van der Waals surface area contributed by atoms with Crippen LogP contribution in [-0.4, -0.2) is 17.6 Å². The van der Waals surface area contributed by atoms with Crippen LogP contribution in [0.15, 0.2) is 58.3 Å². The van der Waals surface area contributed by atoms with E-state index in [0.29, 0.717) is 10.6 Å². The van der Waals surface area contributed by atoms with E-state index in [1.54, 1.807) is 32.9 Å². The number of alkyl carbamates (subject to hydrolysis) is 1. The van der Waals surface area contributed by atoms with Crippen LogP contribution in [0.4, 0.5) is 4.79 Å². The highest BCUT2D eigenvalue weighted by Crippen LogP contribution is 2.34. The molecule has 2 aromatic rings. The molecule has 7 heteroatoms. The molecule has 0 saturated heterocycles. The Bertz CT molecular complexity index is 837. The van der Waals surface area contributed by atoms with Gasteiger partial charge in [0.1, 0.15) is 11.1 Å². The molecule has 2 rings (SSSR count). The Morgan fingerprint density at radius 1 is 1.04 bits per heavy atom. The highest BCUT2D eigenvalue weighted by Gasteiger charge is 2.38. The van der Waals surface area contributed by atoms with E-state index < -0.39 is 23.1 Å². The first-order valence-electron chi connectivity index (χ1n) is 8.35. The lowest BCUT2D eigenvalue weighted by Crippen LogP contribution is -2.54. The van der Waals surface area contributed by atoms with Crippen molar-refractivity contribution in [2.75, 3.05) is 0 Å². The van der Waals surface area contributed by atoms with Crippen LogP contribution in [0.25, 0.3) is 0 Å². The van der Waals surface area contributed by atoms with E-state index in [1.807, 2.05) is 36.4 Å². The molecule has 5 nitrogen and oxygen atoms in total. The van der Waals surface area contributed by atoms with Crippen molar-refractivity contribution >= 4 is 35.4 Å². The van der Waals surface area contributed by atoms with Crippen LogP contribution in [0, 0.1) is 0 Å². The second-order valence-electron chi connectivity index (χ2n) is 7.17. The van der Waals surface area contributed by atoms with Crippen molar-refractivity contribution in [3.8, 4) is 0 Å². The fourth-order valence-electron chi connectivity index (χ4n) is 2.36. The van der Waals surface area contributed by atoms with Gasteiger partial charge in [0.25, 0.3) is 0 Å². The summed E-state index contributed by atoms with van der Waals surface area (Å²) >= 11 is 7.97. The summed E-state index contributed by atoms with van der Waals surface area (Å²) in [5.74, 6) is -0.737. The van der Waals surface area contributed by atoms with Crippen molar-refractivity contribution in [3.05, 3.63) is 59.1 Å². The number of rotatable bonds is 5. The van der Waals surface area contributed by atoms with E-state index in [4.69, 9.17) is 22.1 Å². The van der Waals surface area contributed by atoms with Gasteiger partial charge in [-0.3, -0.25) is 4.79 Å². The van der Waals surface area contributed by atoms with Crippen LogP contribution in [0.3, 0.4) is 0 Å². The van der Waals surface area contributed by atoms with Crippen molar-refractivity contribution in [2.45, 2.75) is 48.6 Å². The molecular formula is C20H23ClN2O3S. The lowest BCUT2D eigenvalue weighted by atomic mass is 9.91. The SMILES string of the molecule is CC(C)(C)OC(=O)NC(C)(C(N)=O)c1ccc(Sc2ccccc2)cc1Cl. The minimum Gasteiger partial charge on any atom is -0.444 e. The molecule has 0 saturated carbocycles. The molecule has 2 amide bonds. The van der Waals surface area contributed by atoms with Gasteiger partial charge >= 0.3 is 6.09 Å². The number of nitrogens with two attached hydrogens (primary N) is 1. The molecule has 0 aliphatic rings. The van der Waals surface area contributed by atoms with Crippen molar-refractivity contribution < 1.29 is 14.3 Å². The predicted octanol–water partition coefficient (Wildman–Crippen LogP) is 4.72. The van der Waals surface area contributed by atoms with Crippen LogP contribution >= 0.6 is 23.4 Å². The summed E-state index contributed by atoms with van der Waals surface area (Å²) < 4.78 is 5.24. The molecule has 1 atom stereocenters. The standard InChI is InChI=1S/C20H23ClN2O3S/c1-19(2,3)26-18(25)23-20(4,17(22)24)15-11-10-14(12-16(15)21)27-13-8-6-5-7-9-13/h5-12H,1-4H3,(H2,22,24)(H,23,25). The first-order chi connectivity index (χ1) is 12.5. The average Bonchev–Trinajstić information content (AvgIpc) is 2.53. The lowest BCUT2D eigenvalue weighted by Gasteiger charge is -2.30. The summed E-state index contributed by atoms with van der Waals surface area (Å²) in [5.41, 5.74) is 3.76. The maximum Gasteiger partial charge on any atom is 0.408 e. The van der Waals surface area contributed by atoms with Gasteiger partial charge in [-0.2, -0.15) is 0 Å². The van der Waals surface area contributed by atoms with Gasteiger partial charge in [0, 0.05) is 20.4 Å². The van der Waals surface area contributed by atoms with E-state index in [1.165, 1.54) is 18.7 Å². The zero-order chi connectivity index (χ0) is 20.2. The first kappa shape index (κ1) is 21.1. The number of ether oxygens (including phenoxy) is 1. The van der Waals surface area contributed by atoms with Crippen LogP contribution in [0.1, 0.15) is 33.3 Å². The number of hydrogen-bond acceptors (Lipinski definition) is 4. The zero-order valence-electron chi connectivity index (χ0n) is 15.7. The van der Waals surface area contributed by atoms with Gasteiger partial charge in [0.05, 0.1) is 0 Å². The number of carbonyl (C=O) groups is 2. The molecule has 0 fully saturated rings. The van der Waals surface area contributed by atoms with Gasteiger partial charge in [0.2, 0.25) is 5.91 Å². The third-order valence-electron chi connectivity index (χ3n) is 3.70. The van der Waals surface area contributed by atoms with Gasteiger partial charge in [-0.05, 0) is 52.0 Å². The average molecular weight is 407 g/mol. The zero-order valence-corrected chi connectivity index (χ0v) is 17.3. The highest BCUT2D eigenvalue weighted by atomic mass is 35.5. The molecule has 0 aliphatic carbocycles. The topological polar surface area (TPSA) is 81.4 Å². The number of halogens is 1. The highest BCUT2D eigenvalue weighted by molar-refractivity contribution is 7.99. The normalized spacial score (nSPS) is 13.5. The quantitative estimate of drug-likeness (QED) is 0.752. The summed E-state index contributed by atoms with van der Waals surface area (Å²) in [6, 6.07) is 15.1. The molecule has 3 N–H and O–H groups in total. The van der Waals surface area contributed by atoms with Crippen molar-refractivity contribution in [1.82, 2.24) is 5.32 Å². The largest absolute Gasteiger partial charge is 0.444 e. The van der Waals surface area contributed by atoms with Gasteiger partial charge in [-0.1, -0.05) is 47.6 Å². The van der Waals surface area contributed by atoms with Gasteiger partial charge in [0.15, 0.2) is 0 Å². The molecular weight excluding hydrogens is 384 g/mol. The summed E-state index contributed by atoms with van der Waals surface area (Å²) in [7, 11) is 0.